The average molecular weight is 226 g/mol. The fraction of sp³-hybridized carbons (Fsp3) is 0.750. The molecule has 0 bridgehead atoms. The van der Waals surface area contributed by atoms with Gasteiger partial charge < -0.3 is 5.73 Å². The molecule has 3 heteroatoms. The number of hydrogen-bond acceptors (Lipinski definition) is 3. The van der Waals surface area contributed by atoms with Crippen LogP contribution >= 0.6 is 11.3 Å². The average Bonchev–Trinajstić information content (AvgIpc) is 2.67. The van der Waals surface area contributed by atoms with Crippen molar-refractivity contribution in [2.75, 3.05) is 6.54 Å². The molecular formula is C12H22N2S. The lowest BCUT2D eigenvalue weighted by atomic mass is 9.78. The van der Waals surface area contributed by atoms with Gasteiger partial charge >= 0.3 is 0 Å². The van der Waals surface area contributed by atoms with E-state index in [1.54, 1.807) is 11.3 Å². The molecule has 1 aromatic heterocycles. The number of hydrogen-bond donors (Lipinski definition) is 1. The van der Waals surface area contributed by atoms with Crippen molar-refractivity contribution >= 4 is 11.3 Å². The predicted molar refractivity (Wildman–Crippen MR) is 67.2 cm³/mol. The maximum Gasteiger partial charge on any atom is 0.0797 e. The fourth-order valence-corrected chi connectivity index (χ4v) is 2.72. The molecule has 1 aromatic rings. The normalized spacial score (nSPS) is 12.0. The first kappa shape index (κ1) is 12.7. The smallest absolute Gasteiger partial charge is 0.0797 e. The van der Waals surface area contributed by atoms with Gasteiger partial charge in [0.05, 0.1) is 11.2 Å². The second-order valence-electron chi connectivity index (χ2n) is 4.27. The molecule has 15 heavy (non-hydrogen) atoms. The molecule has 0 amide bonds. The number of thiazole rings is 1. The Labute approximate surface area is 96.9 Å². The zero-order valence-corrected chi connectivity index (χ0v) is 10.9. The molecule has 0 aliphatic rings. The molecule has 2 N–H and O–H groups in total. The lowest BCUT2D eigenvalue weighted by molar-refractivity contribution is 0.251. The molecule has 1 rings (SSSR count). The van der Waals surface area contributed by atoms with Gasteiger partial charge in [-0.3, -0.25) is 0 Å². The molecule has 0 aliphatic heterocycles. The van der Waals surface area contributed by atoms with Crippen LogP contribution in [0.15, 0.2) is 5.51 Å². The SMILES string of the molecule is CCC(CC)(CN)CCc1scnc1C. The van der Waals surface area contributed by atoms with Gasteiger partial charge in [0.2, 0.25) is 0 Å². The van der Waals surface area contributed by atoms with Crippen LogP contribution in [-0.4, -0.2) is 11.5 Å². The molecule has 0 aromatic carbocycles. The van der Waals surface area contributed by atoms with E-state index in [2.05, 4.69) is 25.8 Å². The van der Waals surface area contributed by atoms with E-state index in [4.69, 9.17) is 5.73 Å². The standard InChI is InChI=1S/C12H22N2S/c1-4-12(5-2,8-13)7-6-11-10(3)14-9-15-11/h9H,4-8,13H2,1-3H3. The van der Waals surface area contributed by atoms with E-state index in [-0.39, 0.29) is 0 Å². The predicted octanol–water partition coefficient (Wildman–Crippen LogP) is 3.15. The Morgan fingerprint density at radius 3 is 2.47 bits per heavy atom. The quantitative estimate of drug-likeness (QED) is 0.809. The summed E-state index contributed by atoms with van der Waals surface area (Å²) in [5, 5.41) is 0. The number of nitrogens with two attached hydrogens (primary N) is 1. The van der Waals surface area contributed by atoms with E-state index in [0.717, 1.165) is 13.0 Å². The summed E-state index contributed by atoms with van der Waals surface area (Å²) in [6.07, 6.45) is 4.69. The Bertz CT molecular complexity index is 281. The van der Waals surface area contributed by atoms with Crippen LogP contribution in [0.1, 0.15) is 43.7 Å². The molecule has 2 nitrogen and oxygen atoms in total. The van der Waals surface area contributed by atoms with Gasteiger partial charge in [-0.05, 0) is 44.6 Å². The number of aromatic nitrogens is 1. The minimum Gasteiger partial charge on any atom is -0.330 e. The Hall–Kier alpha value is -0.410. The molecule has 0 atom stereocenters. The Balaban J connectivity index is 2.58. The van der Waals surface area contributed by atoms with E-state index in [0.29, 0.717) is 5.41 Å². The van der Waals surface area contributed by atoms with Crippen LogP contribution in [0.5, 0.6) is 0 Å². The van der Waals surface area contributed by atoms with Crippen molar-refractivity contribution in [3.05, 3.63) is 16.1 Å². The van der Waals surface area contributed by atoms with E-state index < -0.39 is 0 Å². The summed E-state index contributed by atoms with van der Waals surface area (Å²) in [4.78, 5) is 5.71. The zero-order chi connectivity index (χ0) is 11.3. The summed E-state index contributed by atoms with van der Waals surface area (Å²) in [6.45, 7) is 7.39. The van der Waals surface area contributed by atoms with Gasteiger partial charge in [0, 0.05) is 4.88 Å². The van der Waals surface area contributed by atoms with Crippen molar-refractivity contribution in [2.45, 2.75) is 46.5 Å². The maximum absolute atomic E-state index is 5.89. The van der Waals surface area contributed by atoms with Crippen molar-refractivity contribution in [3.8, 4) is 0 Å². The largest absolute Gasteiger partial charge is 0.330 e. The highest BCUT2D eigenvalue weighted by molar-refractivity contribution is 7.09. The molecule has 0 aliphatic carbocycles. The van der Waals surface area contributed by atoms with Crippen LogP contribution in [0.4, 0.5) is 0 Å². The summed E-state index contributed by atoms with van der Waals surface area (Å²) in [5.74, 6) is 0. The first-order chi connectivity index (χ1) is 7.17. The van der Waals surface area contributed by atoms with Crippen LogP contribution in [0.3, 0.4) is 0 Å². The molecule has 0 fully saturated rings. The van der Waals surface area contributed by atoms with Crippen LogP contribution in [0, 0.1) is 12.3 Å². The maximum atomic E-state index is 5.89. The Morgan fingerprint density at radius 2 is 2.07 bits per heavy atom. The highest BCUT2D eigenvalue weighted by atomic mass is 32.1. The van der Waals surface area contributed by atoms with E-state index >= 15 is 0 Å². The monoisotopic (exact) mass is 226 g/mol. The molecule has 0 saturated carbocycles. The summed E-state index contributed by atoms with van der Waals surface area (Å²) in [5.41, 5.74) is 9.37. The molecular weight excluding hydrogens is 204 g/mol. The number of nitrogens with zero attached hydrogens (tertiary/aromatic N) is 1. The van der Waals surface area contributed by atoms with Gasteiger partial charge in [-0.25, -0.2) is 4.98 Å². The highest BCUT2D eigenvalue weighted by Crippen LogP contribution is 2.31. The Kier molecular flexibility index (Phi) is 4.74. The molecule has 0 unspecified atom stereocenters. The molecule has 0 saturated heterocycles. The third-order valence-electron chi connectivity index (χ3n) is 3.66. The highest BCUT2D eigenvalue weighted by Gasteiger charge is 2.24. The molecule has 0 radical (unpaired) electrons. The first-order valence-corrected chi connectivity index (χ1v) is 6.64. The first-order valence-electron chi connectivity index (χ1n) is 5.76. The van der Waals surface area contributed by atoms with Gasteiger partial charge in [-0.2, -0.15) is 0 Å². The van der Waals surface area contributed by atoms with E-state index in [1.807, 2.05) is 5.51 Å². The lowest BCUT2D eigenvalue weighted by Gasteiger charge is -2.29. The summed E-state index contributed by atoms with van der Waals surface area (Å²) >= 11 is 1.77. The summed E-state index contributed by atoms with van der Waals surface area (Å²) in [7, 11) is 0. The minimum absolute atomic E-state index is 0.344. The lowest BCUT2D eigenvalue weighted by Crippen LogP contribution is -2.29. The van der Waals surface area contributed by atoms with Gasteiger partial charge in [0.25, 0.3) is 0 Å². The second-order valence-corrected chi connectivity index (χ2v) is 5.21. The van der Waals surface area contributed by atoms with Crippen LogP contribution < -0.4 is 5.73 Å². The molecule has 86 valence electrons. The van der Waals surface area contributed by atoms with Gasteiger partial charge in [0.15, 0.2) is 0 Å². The Morgan fingerprint density at radius 1 is 1.40 bits per heavy atom. The van der Waals surface area contributed by atoms with Crippen molar-refractivity contribution in [1.29, 1.82) is 0 Å². The topological polar surface area (TPSA) is 38.9 Å². The third-order valence-corrected chi connectivity index (χ3v) is 4.66. The molecule has 0 spiro atoms. The minimum atomic E-state index is 0.344. The number of aryl methyl sites for hydroxylation is 2. The molecule has 1 heterocycles. The zero-order valence-electron chi connectivity index (χ0n) is 10.0. The second kappa shape index (κ2) is 5.61. The number of rotatable bonds is 6. The van der Waals surface area contributed by atoms with Gasteiger partial charge in [-0.1, -0.05) is 13.8 Å². The van der Waals surface area contributed by atoms with Crippen LogP contribution in [-0.2, 0) is 6.42 Å². The van der Waals surface area contributed by atoms with Gasteiger partial charge in [0.1, 0.15) is 0 Å². The third kappa shape index (κ3) is 3.02. The van der Waals surface area contributed by atoms with Gasteiger partial charge in [-0.15, -0.1) is 11.3 Å². The van der Waals surface area contributed by atoms with E-state index in [1.165, 1.54) is 29.8 Å². The van der Waals surface area contributed by atoms with E-state index in [9.17, 15) is 0 Å². The van der Waals surface area contributed by atoms with Crippen molar-refractivity contribution < 1.29 is 0 Å². The van der Waals surface area contributed by atoms with Crippen LogP contribution in [0.2, 0.25) is 0 Å². The summed E-state index contributed by atoms with van der Waals surface area (Å²) in [6, 6.07) is 0. The van der Waals surface area contributed by atoms with Crippen LogP contribution in [0.25, 0.3) is 0 Å². The van der Waals surface area contributed by atoms with Crippen molar-refractivity contribution in [3.63, 3.8) is 0 Å². The fourth-order valence-electron chi connectivity index (χ4n) is 1.94. The van der Waals surface area contributed by atoms with Crippen molar-refractivity contribution in [2.24, 2.45) is 11.1 Å². The van der Waals surface area contributed by atoms with Crippen molar-refractivity contribution in [1.82, 2.24) is 4.98 Å². The summed E-state index contributed by atoms with van der Waals surface area (Å²) < 4.78 is 0.